The summed E-state index contributed by atoms with van der Waals surface area (Å²) in [6.45, 7) is 0.964. The van der Waals surface area contributed by atoms with Crippen LogP contribution < -0.4 is 10.1 Å². The fourth-order valence-corrected chi connectivity index (χ4v) is 2.75. The lowest BCUT2D eigenvalue weighted by Gasteiger charge is -2.22. The van der Waals surface area contributed by atoms with E-state index in [0.29, 0.717) is 18.7 Å². The van der Waals surface area contributed by atoms with Gasteiger partial charge in [0.15, 0.2) is 0 Å². The van der Waals surface area contributed by atoms with Crippen LogP contribution in [0.25, 0.3) is 0 Å². The first-order chi connectivity index (χ1) is 13.1. The molecule has 1 unspecified atom stereocenters. The molecule has 5 nitrogen and oxygen atoms in total. The lowest BCUT2D eigenvalue weighted by atomic mass is 10.1. The van der Waals surface area contributed by atoms with Gasteiger partial charge in [-0.15, -0.1) is 0 Å². The first kappa shape index (κ1) is 18.7. The molecule has 3 rings (SSSR count). The van der Waals surface area contributed by atoms with Crippen LogP contribution in [-0.4, -0.2) is 31.4 Å². The summed E-state index contributed by atoms with van der Waals surface area (Å²) >= 11 is 0. The minimum absolute atomic E-state index is 0.0163. The van der Waals surface area contributed by atoms with Crippen LogP contribution in [0.2, 0.25) is 0 Å². The first-order valence-corrected chi connectivity index (χ1v) is 8.88. The molecule has 1 amide bonds. The van der Waals surface area contributed by atoms with Crippen molar-refractivity contribution in [1.82, 2.24) is 10.2 Å². The van der Waals surface area contributed by atoms with Gasteiger partial charge in [0.1, 0.15) is 18.1 Å². The molecule has 0 fully saturated rings. The maximum atomic E-state index is 12.4. The number of hydrogen-bond acceptors (Lipinski definition) is 4. The normalized spacial score (nSPS) is 12.0. The van der Waals surface area contributed by atoms with Gasteiger partial charge in [0.25, 0.3) is 5.91 Å². The SMILES string of the molecule is CN(C)C(CNC(=O)c1ccc(OCc2ccccc2)cc1)c1ccco1. The summed E-state index contributed by atoms with van der Waals surface area (Å²) in [5.74, 6) is 1.44. The van der Waals surface area contributed by atoms with E-state index in [-0.39, 0.29) is 11.9 Å². The van der Waals surface area contributed by atoms with Crippen molar-refractivity contribution in [3.8, 4) is 5.75 Å². The number of amides is 1. The van der Waals surface area contributed by atoms with E-state index in [1.54, 1.807) is 18.4 Å². The molecule has 0 radical (unpaired) electrons. The molecule has 0 bridgehead atoms. The van der Waals surface area contributed by atoms with Crippen LogP contribution in [0, 0.1) is 0 Å². The van der Waals surface area contributed by atoms with Gasteiger partial charge in [0.2, 0.25) is 0 Å². The summed E-state index contributed by atoms with van der Waals surface area (Å²) in [6.07, 6.45) is 1.64. The molecule has 0 aliphatic carbocycles. The number of hydrogen-bond donors (Lipinski definition) is 1. The van der Waals surface area contributed by atoms with E-state index >= 15 is 0 Å². The third-order valence-corrected chi connectivity index (χ3v) is 4.32. The van der Waals surface area contributed by atoms with Crippen molar-refractivity contribution in [1.29, 1.82) is 0 Å². The van der Waals surface area contributed by atoms with Crippen LogP contribution >= 0.6 is 0 Å². The lowest BCUT2D eigenvalue weighted by molar-refractivity contribution is 0.0939. The largest absolute Gasteiger partial charge is 0.489 e. The maximum Gasteiger partial charge on any atom is 0.251 e. The van der Waals surface area contributed by atoms with Crippen molar-refractivity contribution >= 4 is 5.91 Å². The zero-order chi connectivity index (χ0) is 19.1. The molecule has 0 aliphatic rings. The van der Waals surface area contributed by atoms with Crippen molar-refractivity contribution in [2.75, 3.05) is 20.6 Å². The molecule has 140 valence electrons. The van der Waals surface area contributed by atoms with E-state index in [4.69, 9.17) is 9.15 Å². The highest BCUT2D eigenvalue weighted by Gasteiger charge is 2.18. The van der Waals surface area contributed by atoms with Crippen LogP contribution in [0.4, 0.5) is 0 Å². The number of furan rings is 1. The van der Waals surface area contributed by atoms with Gasteiger partial charge in [-0.05, 0) is 56.1 Å². The zero-order valence-electron chi connectivity index (χ0n) is 15.6. The molecule has 0 spiro atoms. The standard InChI is InChI=1S/C22H24N2O3/c1-24(2)20(21-9-6-14-26-21)15-23-22(25)18-10-12-19(13-11-18)27-16-17-7-4-3-5-8-17/h3-14,20H,15-16H2,1-2H3,(H,23,25). The van der Waals surface area contributed by atoms with Crippen molar-refractivity contribution in [3.05, 3.63) is 89.9 Å². The summed E-state index contributed by atoms with van der Waals surface area (Å²) in [5, 5.41) is 2.96. The average molecular weight is 364 g/mol. The molecule has 2 aromatic carbocycles. The van der Waals surface area contributed by atoms with Crippen molar-refractivity contribution in [2.24, 2.45) is 0 Å². The monoisotopic (exact) mass is 364 g/mol. The van der Waals surface area contributed by atoms with Crippen molar-refractivity contribution in [2.45, 2.75) is 12.6 Å². The molecule has 0 saturated carbocycles. The molecule has 27 heavy (non-hydrogen) atoms. The van der Waals surface area contributed by atoms with Gasteiger partial charge in [-0.25, -0.2) is 0 Å². The smallest absolute Gasteiger partial charge is 0.251 e. The van der Waals surface area contributed by atoms with Crippen molar-refractivity contribution < 1.29 is 13.9 Å². The summed E-state index contributed by atoms with van der Waals surface area (Å²) in [5.41, 5.74) is 1.70. The fourth-order valence-electron chi connectivity index (χ4n) is 2.75. The number of rotatable bonds is 8. The maximum absolute atomic E-state index is 12.4. The molecule has 0 saturated heterocycles. The number of likely N-dealkylation sites (N-methyl/N-ethyl adjacent to an activating group) is 1. The van der Waals surface area contributed by atoms with Crippen LogP contribution in [0.5, 0.6) is 5.75 Å². The Labute approximate surface area is 159 Å². The molecular formula is C22H24N2O3. The first-order valence-electron chi connectivity index (χ1n) is 8.88. The Hall–Kier alpha value is -3.05. The molecule has 1 atom stereocenters. The molecule has 3 aromatic rings. The summed E-state index contributed by atoms with van der Waals surface area (Å²) in [6, 6.07) is 20.9. The topological polar surface area (TPSA) is 54.7 Å². The Balaban J connectivity index is 1.54. The van der Waals surface area contributed by atoms with Gasteiger partial charge >= 0.3 is 0 Å². The Bertz CT molecular complexity index is 828. The van der Waals surface area contributed by atoms with Crippen LogP contribution in [-0.2, 0) is 6.61 Å². The van der Waals surface area contributed by atoms with Gasteiger partial charge < -0.3 is 14.5 Å². The number of ether oxygens (including phenoxy) is 1. The van der Waals surface area contributed by atoms with E-state index in [9.17, 15) is 4.79 Å². The lowest BCUT2D eigenvalue weighted by Crippen LogP contribution is -2.34. The molecule has 1 N–H and O–H groups in total. The number of nitrogens with one attached hydrogen (secondary N) is 1. The Morgan fingerprint density at radius 1 is 1.04 bits per heavy atom. The number of carbonyl (C=O) groups excluding carboxylic acids is 1. The number of nitrogens with zero attached hydrogens (tertiary/aromatic N) is 1. The highest BCUT2D eigenvalue weighted by atomic mass is 16.5. The second-order valence-corrected chi connectivity index (χ2v) is 6.50. The molecular weight excluding hydrogens is 340 g/mol. The van der Waals surface area contributed by atoms with Crippen LogP contribution in [0.3, 0.4) is 0 Å². The summed E-state index contributed by atoms with van der Waals surface area (Å²) in [7, 11) is 3.91. The van der Waals surface area contributed by atoms with Gasteiger partial charge in [-0.1, -0.05) is 30.3 Å². The summed E-state index contributed by atoms with van der Waals surface area (Å²) < 4.78 is 11.2. The van der Waals surface area contributed by atoms with E-state index < -0.39 is 0 Å². The van der Waals surface area contributed by atoms with Crippen LogP contribution in [0.15, 0.2) is 77.4 Å². The highest BCUT2D eigenvalue weighted by molar-refractivity contribution is 5.94. The average Bonchev–Trinajstić information content (AvgIpc) is 3.22. The second kappa shape index (κ2) is 9.05. The number of benzene rings is 2. The van der Waals surface area contributed by atoms with Gasteiger partial charge in [-0.3, -0.25) is 9.69 Å². The molecule has 1 heterocycles. The fraction of sp³-hybridized carbons (Fsp3) is 0.227. The van der Waals surface area contributed by atoms with Crippen LogP contribution in [0.1, 0.15) is 27.7 Å². The third kappa shape index (κ3) is 5.21. The Kier molecular flexibility index (Phi) is 6.28. The van der Waals surface area contributed by atoms with E-state index in [0.717, 1.165) is 17.1 Å². The number of carbonyl (C=O) groups is 1. The minimum Gasteiger partial charge on any atom is -0.489 e. The quantitative estimate of drug-likeness (QED) is 0.659. The predicted molar refractivity (Wildman–Crippen MR) is 105 cm³/mol. The zero-order valence-corrected chi connectivity index (χ0v) is 15.6. The Morgan fingerprint density at radius 3 is 2.41 bits per heavy atom. The second-order valence-electron chi connectivity index (χ2n) is 6.50. The van der Waals surface area contributed by atoms with Gasteiger partial charge in [-0.2, -0.15) is 0 Å². The minimum atomic E-state index is -0.122. The Morgan fingerprint density at radius 2 is 1.78 bits per heavy atom. The van der Waals surface area contributed by atoms with Gasteiger partial charge in [0.05, 0.1) is 12.3 Å². The highest BCUT2D eigenvalue weighted by Crippen LogP contribution is 2.18. The molecule has 1 aromatic heterocycles. The van der Waals surface area contributed by atoms with Gasteiger partial charge in [0, 0.05) is 12.1 Å². The van der Waals surface area contributed by atoms with E-state index in [2.05, 4.69) is 5.32 Å². The molecule has 0 aliphatic heterocycles. The third-order valence-electron chi connectivity index (χ3n) is 4.32. The van der Waals surface area contributed by atoms with Crippen molar-refractivity contribution in [3.63, 3.8) is 0 Å². The van der Waals surface area contributed by atoms with E-state index in [1.165, 1.54) is 0 Å². The molecule has 5 heteroatoms. The predicted octanol–water partition coefficient (Wildman–Crippen LogP) is 3.89. The summed E-state index contributed by atoms with van der Waals surface area (Å²) in [4.78, 5) is 14.4. The van der Waals surface area contributed by atoms with E-state index in [1.807, 2.05) is 73.6 Å².